The van der Waals surface area contributed by atoms with Gasteiger partial charge < -0.3 is 9.80 Å². The maximum Gasteiger partial charge on any atom is 0.471 e. The van der Waals surface area contributed by atoms with Crippen LogP contribution in [0.25, 0.3) is 10.8 Å². The number of fused-ring (bicyclic) bond motifs is 1. The molecule has 0 saturated carbocycles. The van der Waals surface area contributed by atoms with Crippen LogP contribution in [-0.4, -0.2) is 53.5 Å². The average molecular weight is 392 g/mol. The van der Waals surface area contributed by atoms with E-state index in [-0.39, 0.29) is 24.9 Å². The number of alkyl halides is 3. The molecule has 2 aromatic carbocycles. The van der Waals surface area contributed by atoms with E-state index in [1.54, 1.807) is 17.0 Å². The van der Waals surface area contributed by atoms with E-state index in [9.17, 15) is 22.8 Å². The highest BCUT2D eigenvalue weighted by atomic mass is 19.4. The van der Waals surface area contributed by atoms with Crippen molar-refractivity contribution in [1.82, 2.24) is 9.80 Å². The molecule has 1 heterocycles. The molecular formula is C21H23F3N2O2. The highest BCUT2D eigenvalue weighted by Gasteiger charge is 2.45. The molecule has 0 aromatic heterocycles. The van der Waals surface area contributed by atoms with E-state index in [2.05, 4.69) is 0 Å². The molecule has 2 amide bonds. The van der Waals surface area contributed by atoms with Crippen LogP contribution in [-0.2, 0) is 4.79 Å². The second kappa shape index (κ2) is 7.81. The van der Waals surface area contributed by atoms with Crippen molar-refractivity contribution in [3.05, 3.63) is 48.0 Å². The van der Waals surface area contributed by atoms with Gasteiger partial charge in [-0.15, -0.1) is 0 Å². The van der Waals surface area contributed by atoms with E-state index in [4.69, 9.17) is 0 Å². The minimum absolute atomic E-state index is 0.00258. The maximum atomic E-state index is 13.2. The first-order valence-corrected chi connectivity index (χ1v) is 9.32. The molecule has 0 aliphatic carbocycles. The molecule has 1 fully saturated rings. The van der Waals surface area contributed by atoms with Crippen LogP contribution in [0.3, 0.4) is 0 Å². The van der Waals surface area contributed by atoms with E-state index in [0.29, 0.717) is 18.5 Å². The third-order valence-electron chi connectivity index (χ3n) is 4.95. The summed E-state index contributed by atoms with van der Waals surface area (Å²) in [5, 5.41) is 1.94. The molecule has 0 radical (unpaired) electrons. The van der Waals surface area contributed by atoms with Crippen LogP contribution in [0.4, 0.5) is 13.2 Å². The number of nitrogens with zero attached hydrogens (tertiary/aromatic N) is 2. The summed E-state index contributed by atoms with van der Waals surface area (Å²) in [7, 11) is 0. The fourth-order valence-electron chi connectivity index (χ4n) is 3.64. The van der Waals surface area contributed by atoms with E-state index in [0.717, 1.165) is 15.7 Å². The largest absolute Gasteiger partial charge is 0.471 e. The minimum atomic E-state index is -4.89. The maximum absolute atomic E-state index is 13.2. The zero-order valence-electron chi connectivity index (χ0n) is 15.9. The first kappa shape index (κ1) is 20.2. The fourth-order valence-corrected chi connectivity index (χ4v) is 3.64. The number of hydrogen-bond acceptors (Lipinski definition) is 2. The van der Waals surface area contributed by atoms with Gasteiger partial charge in [0.1, 0.15) is 0 Å². The molecule has 0 spiro atoms. The Bertz CT molecular complexity index is 879. The summed E-state index contributed by atoms with van der Waals surface area (Å²) in [6.45, 7) is 4.24. The lowest BCUT2D eigenvalue weighted by atomic mass is 10.0. The summed E-state index contributed by atoms with van der Waals surface area (Å²) in [5.74, 6) is -1.90. The van der Waals surface area contributed by atoms with Gasteiger partial charge >= 0.3 is 12.1 Å². The van der Waals surface area contributed by atoms with Crippen LogP contribution in [0.1, 0.15) is 30.6 Å². The van der Waals surface area contributed by atoms with Crippen molar-refractivity contribution in [3.8, 4) is 0 Å². The van der Waals surface area contributed by atoms with Crippen LogP contribution in [0.2, 0.25) is 0 Å². The summed E-state index contributed by atoms with van der Waals surface area (Å²) in [4.78, 5) is 27.1. The molecule has 7 heteroatoms. The molecule has 1 saturated heterocycles. The Morgan fingerprint density at radius 2 is 1.82 bits per heavy atom. The number of carbonyl (C=O) groups excluding carboxylic acids is 2. The van der Waals surface area contributed by atoms with Crippen molar-refractivity contribution >= 4 is 22.6 Å². The van der Waals surface area contributed by atoms with Crippen molar-refractivity contribution in [2.24, 2.45) is 5.92 Å². The number of benzene rings is 2. The summed E-state index contributed by atoms with van der Waals surface area (Å²) >= 11 is 0. The van der Waals surface area contributed by atoms with Crippen LogP contribution in [0.5, 0.6) is 0 Å². The molecule has 1 atom stereocenters. The van der Waals surface area contributed by atoms with Crippen LogP contribution in [0.15, 0.2) is 42.5 Å². The zero-order valence-corrected chi connectivity index (χ0v) is 15.9. The number of carbonyl (C=O) groups is 2. The number of halogens is 3. The van der Waals surface area contributed by atoms with Crippen molar-refractivity contribution in [2.45, 2.75) is 32.5 Å². The number of likely N-dealkylation sites (tertiary alicyclic amines) is 1. The fraction of sp³-hybridized carbons (Fsp3) is 0.429. The molecule has 150 valence electrons. The SMILES string of the molecule is CC(C)CN(C(=O)c1ccc2ccccc2c1)[C@H]1CCN(C(=O)C(F)(F)F)C1. The Kier molecular flexibility index (Phi) is 5.63. The third kappa shape index (κ3) is 4.29. The molecule has 1 aliphatic rings. The van der Waals surface area contributed by atoms with Gasteiger partial charge in [0, 0.05) is 25.2 Å². The van der Waals surface area contributed by atoms with Crippen molar-refractivity contribution < 1.29 is 22.8 Å². The summed E-state index contributed by atoms with van der Waals surface area (Å²) in [6.07, 6.45) is -4.55. The van der Waals surface area contributed by atoms with Gasteiger partial charge in [-0.05, 0) is 35.2 Å². The third-order valence-corrected chi connectivity index (χ3v) is 4.95. The summed E-state index contributed by atoms with van der Waals surface area (Å²) < 4.78 is 38.2. The number of rotatable bonds is 4. The smallest absolute Gasteiger partial charge is 0.334 e. The highest BCUT2D eigenvalue weighted by molar-refractivity contribution is 5.98. The molecule has 4 nitrogen and oxygen atoms in total. The first-order chi connectivity index (χ1) is 13.2. The molecule has 0 bridgehead atoms. The predicted molar refractivity (Wildman–Crippen MR) is 101 cm³/mol. The van der Waals surface area contributed by atoms with Gasteiger partial charge in [-0.2, -0.15) is 13.2 Å². The highest BCUT2D eigenvalue weighted by Crippen LogP contribution is 2.26. The lowest BCUT2D eigenvalue weighted by molar-refractivity contribution is -0.184. The lowest BCUT2D eigenvalue weighted by Gasteiger charge is -2.31. The van der Waals surface area contributed by atoms with E-state index in [1.807, 2.05) is 44.2 Å². The van der Waals surface area contributed by atoms with Crippen molar-refractivity contribution in [1.29, 1.82) is 0 Å². The molecule has 0 N–H and O–H groups in total. The molecule has 3 rings (SSSR count). The monoisotopic (exact) mass is 392 g/mol. The van der Waals surface area contributed by atoms with E-state index in [1.165, 1.54) is 0 Å². The molecular weight excluding hydrogens is 369 g/mol. The Hall–Kier alpha value is -2.57. The van der Waals surface area contributed by atoms with Gasteiger partial charge in [-0.25, -0.2) is 0 Å². The van der Waals surface area contributed by atoms with Crippen molar-refractivity contribution in [3.63, 3.8) is 0 Å². The topological polar surface area (TPSA) is 40.6 Å². The number of hydrogen-bond donors (Lipinski definition) is 0. The molecule has 2 aromatic rings. The number of amides is 2. The van der Waals surface area contributed by atoms with Crippen LogP contribution in [0, 0.1) is 5.92 Å². The van der Waals surface area contributed by atoms with E-state index < -0.39 is 18.1 Å². The van der Waals surface area contributed by atoms with Gasteiger partial charge in [0.15, 0.2) is 0 Å². The standard InChI is InChI=1S/C21H23F3N2O2/c1-14(2)12-26(18-9-10-25(13-18)20(28)21(22,23)24)19(27)17-8-7-15-5-3-4-6-16(15)11-17/h3-8,11,14,18H,9-10,12-13H2,1-2H3/t18-/m0/s1. The Morgan fingerprint density at radius 3 is 2.46 bits per heavy atom. The lowest BCUT2D eigenvalue weighted by Crippen LogP contribution is -2.46. The normalized spacial score (nSPS) is 17.4. The average Bonchev–Trinajstić information content (AvgIpc) is 3.13. The molecule has 28 heavy (non-hydrogen) atoms. The second-order valence-electron chi connectivity index (χ2n) is 7.60. The second-order valence-corrected chi connectivity index (χ2v) is 7.60. The van der Waals surface area contributed by atoms with Gasteiger partial charge in [0.2, 0.25) is 0 Å². The van der Waals surface area contributed by atoms with Crippen LogP contribution >= 0.6 is 0 Å². The minimum Gasteiger partial charge on any atom is -0.334 e. The van der Waals surface area contributed by atoms with Gasteiger partial charge in [0.25, 0.3) is 5.91 Å². The summed E-state index contributed by atoms with van der Waals surface area (Å²) in [6, 6.07) is 12.7. The Morgan fingerprint density at radius 1 is 1.14 bits per heavy atom. The molecule has 0 unspecified atom stereocenters. The van der Waals surface area contributed by atoms with Gasteiger partial charge in [0.05, 0.1) is 6.04 Å². The first-order valence-electron chi connectivity index (χ1n) is 9.32. The van der Waals surface area contributed by atoms with Crippen LogP contribution < -0.4 is 0 Å². The van der Waals surface area contributed by atoms with Gasteiger partial charge in [-0.1, -0.05) is 44.2 Å². The Balaban J connectivity index is 1.83. The zero-order chi connectivity index (χ0) is 20.5. The predicted octanol–water partition coefficient (Wildman–Crippen LogP) is 4.10. The quantitative estimate of drug-likeness (QED) is 0.786. The molecule has 1 aliphatic heterocycles. The van der Waals surface area contributed by atoms with E-state index >= 15 is 0 Å². The van der Waals surface area contributed by atoms with Crippen molar-refractivity contribution in [2.75, 3.05) is 19.6 Å². The van der Waals surface area contributed by atoms with Gasteiger partial charge in [-0.3, -0.25) is 9.59 Å². The summed E-state index contributed by atoms with van der Waals surface area (Å²) in [5.41, 5.74) is 0.500. The Labute approximate surface area is 161 Å².